The van der Waals surface area contributed by atoms with Crippen LogP contribution in [0.1, 0.15) is 67.2 Å². The van der Waals surface area contributed by atoms with E-state index >= 15 is 0 Å². The fourth-order valence-corrected chi connectivity index (χ4v) is 4.39. The number of rotatable bonds is 7. The zero-order chi connectivity index (χ0) is 25.6. The molecule has 2 aromatic carbocycles. The Labute approximate surface area is 210 Å². The summed E-state index contributed by atoms with van der Waals surface area (Å²) < 4.78 is 11.7. The first-order valence-corrected chi connectivity index (χ1v) is 12.5. The van der Waals surface area contributed by atoms with Crippen LogP contribution in [0.4, 0.5) is 10.5 Å². The van der Waals surface area contributed by atoms with Crippen LogP contribution in [0.2, 0.25) is 0 Å². The lowest BCUT2D eigenvalue weighted by Crippen LogP contribution is -2.47. The Bertz CT molecular complexity index is 981. The summed E-state index contributed by atoms with van der Waals surface area (Å²) >= 11 is 0. The van der Waals surface area contributed by atoms with Crippen LogP contribution < -0.4 is 10.1 Å². The van der Waals surface area contributed by atoms with Crippen molar-refractivity contribution in [3.05, 3.63) is 48.5 Å². The van der Waals surface area contributed by atoms with Crippen LogP contribution >= 0.6 is 0 Å². The Hall–Kier alpha value is -3.02. The maximum absolute atomic E-state index is 13.0. The van der Waals surface area contributed by atoms with Gasteiger partial charge >= 0.3 is 6.09 Å². The molecule has 1 N–H and O–H groups in total. The molecule has 1 saturated carbocycles. The number of ether oxygens (including phenoxy) is 2. The number of hydrogen-bond donors (Lipinski definition) is 1. The van der Waals surface area contributed by atoms with Crippen LogP contribution in [0.3, 0.4) is 0 Å². The Morgan fingerprint density at radius 1 is 0.971 bits per heavy atom. The molecule has 6 heteroatoms. The SMILES string of the molecule is CC(=O)Nc1ccc(-c2ccc(OCCN(C(=O)OC(C)(C)C)C3CCC(C)(C)CC3)cc2)cc1. The van der Waals surface area contributed by atoms with Gasteiger partial charge in [-0.3, -0.25) is 4.79 Å². The summed E-state index contributed by atoms with van der Waals surface area (Å²) in [5.74, 6) is 0.675. The van der Waals surface area contributed by atoms with E-state index in [0.717, 1.165) is 48.2 Å². The number of amides is 2. The molecule has 6 nitrogen and oxygen atoms in total. The van der Waals surface area contributed by atoms with Gasteiger partial charge in [-0.2, -0.15) is 0 Å². The number of carbonyl (C=O) groups excluding carboxylic acids is 2. The molecule has 0 aromatic heterocycles. The fourth-order valence-electron chi connectivity index (χ4n) is 4.39. The predicted molar refractivity (Wildman–Crippen MR) is 141 cm³/mol. The van der Waals surface area contributed by atoms with E-state index in [9.17, 15) is 9.59 Å². The quantitative estimate of drug-likeness (QED) is 0.468. The van der Waals surface area contributed by atoms with Crippen molar-refractivity contribution >= 4 is 17.7 Å². The highest BCUT2D eigenvalue weighted by Gasteiger charge is 2.34. The molecule has 0 aliphatic heterocycles. The van der Waals surface area contributed by atoms with Crippen LogP contribution in [0.5, 0.6) is 5.75 Å². The Morgan fingerprint density at radius 2 is 1.51 bits per heavy atom. The van der Waals surface area contributed by atoms with Crippen molar-refractivity contribution in [3.63, 3.8) is 0 Å². The largest absolute Gasteiger partial charge is 0.492 e. The molecule has 0 radical (unpaired) electrons. The number of anilines is 1. The molecule has 1 aliphatic carbocycles. The monoisotopic (exact) mass is 480 g/mol. The van der Waals surface area contributed by atoms with Crippen LogP contribution in [0, 0.1) is 5.41 Å². The van der Waals surface area contributed by atoms with E-state index in [1.54, 1.807) is 0 Å². The lowest BCUT2D eigenvalue weighted by atomic mass is 9.75. The molecule has 2 aromatic rings. The second-order valence-electron chi connectivity index (χ2n) is 11.2. The third-order valence-electron chi connectivity index (χ3n) is 6.37. The van der Waals surface area contributed by atoms with Gasteiger partial charge in [0.15, 0.2) is 0 Å². The van der Waals surface area contributed by atoms with Crippen LogP contribution in [-0.4, -0.2) is 41.7 Å². The van der Waals surface area contributed by atoms with Gasteiger partial charge in [-0.25, -0.2) is 4.79 Å². The average molecular weight is 481 g/mol. The van der Waals surface area contributed by atoms with E-state index in [0.29, 0.717) is 18.6 Å². The van der Waals surface area contributed by atoms with Crippen LogP contribution in [0.25, 0.3) is 11.1 Å². The third-order valence-corrected chi connectivity index (χ3v) is 6.37. The van der Waals surface area contributed by atoms with E-state index < -0.39 is 5.60 Å². The maximum atomic E-state index is 13.0. The molecule has 0 saturated heterocycles. The minimum Gasteiger partial charge on any atom is -0.492 e. The lowest BCUT2D eigenvalue weighted by molar-refractivity contribution is -0.114. The van der Waals surface area contributed by atoms with Crippen molar-refractivity contribution in [2.24, 2.45) is 5.41 Å². The minimum atomic E-state index is -0.527. The topological polar surface area (TPSA) is 67.9 Å². The van der Waals surface area contributed by atoms with Crippen LogP contribution in [0.15, 0.2) is 48.5 Å². The lowest BCUT2D eigenvalue weighted by Gasteiger charge is -2.40. The zero-order valence-corrected chi connectivity index (χ0v) is 22.0. The first-order chi connectivity index (χ1) is 16.4. The number of carbonyl (C=O) groups is 2. The third kappa shape index (κ3) is 8.30. The summed E-state index contributed by atoms with van der Waals surface area (Å²) in [7, 11) is 0. The fraction of sp³-hybridized carbons (Fsp3) is 0.517. The van der Waals surface area contributed by atoms with E-state index in [-0.39, 0.29) is 18.0 Å². The van der Waals surface area contributed by atoms with Gasteiger partial charge in [0.05, 0.1) is 6.54 Å². The molecule has 0 spiro atoms. The summed E-state index contributed by atoms with van der Waals surface area (Å²) in [6.07, 6.45) is 3.92. The summed E-state index contributed by atoms with van der Waals surface area (Å²) in [5.41, 5.74) is 2.70. The number of hydrogen-bond acceptors (Lipinski definition) is 4. The molecule has 0 bridgehead atoms. The normalized spacial score (nSPS) is 15.8. The summed E-state index contributed by atoms with van der Waals surface area (Å²) in [4.78, 5) is 26.0. The summed E-state index contributed by atoms with van der Waals surface area (Å²) in [5, 5.41) is 2.78. The maximum Gasteiger partial charge on any atom is 0.410 e. The van der Waals surface area contributed by atoms with Gasteiger partial charge in [0.25, 0.3) is 0 Å². The molecule has 1 fully saturated rings. The highest BCUT2D eigenvalue weighted by atomic mass is 16.6. The van der Waals surface area contributed by atoms with Gasteiger partial charge in [0.2, 0.25) is 5.91 Å². The highest BCUT2D eigenvalue weighted by Crippen LogP contribution is 2.37. The molecule has 2 amide bonds. The zero-order valence-electron chi connectivity index (χ0n) is 22.0. The highest BCUT2D eigenvalue weighted by molar-refractivity contribution is 5.89. The van der Waals surface area contributed by atoms with Gasteiger partial charge in [-0.05, 0) is 87.3 Å². The molecule has 190 valence electrons. The molecule has 35 heavy (non-hydrogen) atoms. The predicted octanol–water partition coefficient (Wildman–Crippen LogP) is 6.90. The summed E-state index contributed by atoms with van der Waals surface area (Å²) in [6, 6.07) is 15.8. The van der Waals surface area contributed by atoms with E-state index in [4.69, 9.17) is 9.47 Å². The smallest absolute Gasteiger partial charge is 0.410 e. The van der Waals surface area contributed by atoms with Gasteiger partial charge < -0.3 is 19.7 Å². The molecule has 0 heterocycles. The van der Waals surface area contributed by atoms with Gasteiger partial charge in [0, 0.05) is 18.7 Å². The van der Waals surface area contributed by atoms with Gasteiger partial charge in [-0.15, -0.1) is 0 Å². The Kier molecular flexibility index (Phi) is 8.47. The van der Waals surface area contributed by atoms with E-state index in [2.05, 4.69) is 19.2 Å². The van der Waals surface area contributed by atoms with Crippen molar-refractivity contribution in [3.8, 4) is 16.9 Å². The van der Waals surface area contributed by atoms with Crippen molar-refractivity contribution in [1.29, 1.82) is 0 Å². The molecule has 0 unspecified atom stereocenters. The van der Waals surface area contributed by atoms with Crippen molar-refractivity contribution in [2.45, 2.75) is 78.9 Å². The average Bonchev–Trinajstić information content (AvgIpc) is 2.77. The molecular formula is C29H40N2O4. The summed E-state index contributed by atoms with van der Waals surface area (Å²) in [6.45, 7) is 12.7. The first-order valence-electron chi connectivity index (χ1n) is 12.5. The number of nitrogens with one attached hydrogen (secondary N) is 1. The molecule has 1 aliphatic rings. The molecule has 3 rings (SSSR count). The van der Waals surface area contributed by atoms with E-state index in [1.807, 2.05) is 74.2 Å². The molecular weight excluding hydrogens is 440 g/mol. The van der Waals surface area contributed by atoms with Crippen molar-refractivity contribution in [2.75, 3.05) is 18.5 Å². The number of benzene rings is 2. The second-order valence-corrected chi connectivity index (χ2v) is 11.2. The van der Waals surface area contributed by atoms with Gasteiger partial charge in [-0.1, -0.05) is 38.1 Å². The van der Waals surface area contributed by atoms with Crippen molar-refractivity contribution < 1.29 is 19.1 Å². The van der Waals surface area contributed by atoms with Crippen molar-refractivity contribution in [1.82, 2.24) is 4.90 Å². The first kappa shape index (κ1) is 26.6. The number of nitrogens with zero attached hydrogens (tertiary/aromatic N) is 1. The molecule has 0 atom stereocenters. The minimum absolute atomic E-state index is 0.0863. The van der Waals surface area contributed by atoms with Crippen LogP contribution in [-0.2, 0) is 9.53 Å². The Balaban J connectivity index is 1.59. The second kappa shape index (κ2) is 11.1. The van der Waals surface area contributed by atoms with Gasteiger partial charge in [0.1, 0.15) is 18.0 Å². The standard InChI is InChI=1S/C29H40N2O4/c1-21(32)30-24-11-7-22(8-12-24)23-9-13-26(14-10-23)34-20-19-31(27(33)35-28(2,3)4)25-15-17-29(5,6)18-16-25/h7-14,25H,15-20H2,1-6H3,(H,30,32). The Morgan fingerprint density at radius 3 is 2.03 bits per heavy atom. The van der Waals surface area contributed by atoms with E-state index in [1.165, 1.54) is 6.92 Å².